The molecule has 2 aromatic rings. The summed E-state index contributed by atoms with van der Waals surface area (Å²) in [7, 11) is -2.26. The van der Waals surface area contributed by atoms with Crippen LogP contribution in [0.25, 0.3) is 0 Å². The maximum Gasteiger partial charge on any atom is 0.244 e. The van der Waals surface area contributed by atoms with Crippen molar-refractivity contribution >= 4 is 32.4 Å². The number of methoxy groups -OCH3 is 1. The van der Waals surface area contributed by atoms with Gasteiger partial charge in [0, 0.05) is 12.5 Å². The van der Waals surface area contributed by atoms with E-state index in [0.717, 1.165) is 5.01 Å². The predicted molar refractivity (Wildman–Crippen MR) is 103 cm³/mol. The van der Waals surface area contributed by atoms with E-state index >= 15 is 0 Å². The van der Waals surface area contributed by atoms with Gasteiger partial charge in [-0.05, 0) is 37.1 Å². The van der Waals surface area contributed by atoms with Crippen molar-refractivity contribution in [2.24, 2.45) is 0 Å². The van der Waals surface area contributed by atoms with Crippen molar-refractivity contribution in [1.82, 2.24) is 14.5 Å². The molecule has 3 rings (SSSR count). The van der Waals surface area contributed by atoms with Gasteiger partial charge in [0.05, 0.1) is 12.0 Å². The molecule has 1 saturated heterocycles. The summed E-state index contributed by atoms with van der Waals surface area (Å²) >= 11 is 1.30. The summed E-state index contributed by atoms with van der Waals surface area (Å²) < 4.78 is 32.3. The van der Waals surface area contributed by atoms with Crippen molar-refractivity contribution in [3.63, 3.8) is 0 Å². The monoisotopic (exact) mass is 410 g/mol. The van der Waals surface area contributed by atoms with Gasteiger partial charge >= 0.3 is 0 Å². The molecule has 10 heteroatoms. The van der Waals surface area contributed by atoms with Gasteiger partial charge < -0.3 is 4.74 Å². The minimum absolute atomic E-state index is 0.140. The van der Waals surface area contributed by atoms with Crippen LogP contribution in [0.4, 0.5) is 5.13 Å². The lowest BCUT2D eigenvalue weighted by Crippen LogP contribution is -2.43. The van der Waals surface area contributed by atoms with Gasteiger partial charge in [0.2, 0.25) is 21.1 Å². The number of aromatic nitrogens is 2. The standard InChI is InChI=1S/C17H22N4O4S2/c1-11(2)16-19-20-17(26-16)18-15(22)14-5-4-10-21(14)27(23,24)13-8-6-12(25-3)7-9-13/h6-9,11,14H,4-5,10H2,1-3H3,(H,18,20,22). The number of nitrogens with one attached hydrogen (secondary N) is 1. The van der Waals surface area contributed by atoms with Crippen LogP contribution in [0.15, 0.2) is 29.2 Å². The van der Waals surface area contributed by atoms with Crippen LogP contribution in [0.3, 0.4) is 0 Å². The number of carbonyl (C=O) groups is 1. The molecule has 2 heterocycles. The third kappa shape index (κ3) is 4.12. The molecule has 1 aliphatic heterocycles. The van der Waals surface area contributed by atoms with Crippen LogP contribution < -0.4 is 10.1 Å². The molecule has 1 unspecified atom stereocenters. The summed E-state index contributed by atoms with van der Waals surface area (Å²) in [4.78, 5) is 12.8. The summed E-state index contributed by atoms with van der Waals surface area (Å²) in [5.41, 5.74) is 0. The number of carbonyl (C=O) groups excluding carboxylic acids is 1. The number of nitrogens with zero attached hydrogens (tertiary/aromatic N) is 3. The topological polar surface area (TPSA) is 101 Å². The second-order valence-electron chi connectivity index (χ2n) is 6.54. The maximum atomic E-state index is 13.0. The number of benzene rings is 1. The van der Waals surface area contributed by atoms with Crippen LogP contribution in [0, 0.1) is 0 Å². The molecule has 1 aromatic carbocycles. The first kappa shape index (κ1) is 19.7. The highest BCUT2D eigenvalue weighted by atomic mass is 32.2. The van der Waals surface area contributed by atoms with E-state index in [0.29, 0.717) is 30.3 Å². The Hall–Kier alpha value is -2.04. The minimum Gasteiger partial charge on any atom is -0.497 e. The molecule has 1 N–H and O–H groups in total. The Kier molecular flexibility index (Phi) is 5.78. The summed E-state index contributed by atoms with van der Waals surface area (Å²) in [5.74, 6) is 0.407. The Morgan fingerprint density at radius 3 is 2.59 bits per heavy atom. The van der Waals surface area contributed by atoms with Crippen LogP contribution in [0.1, 0.15) is 37.6 Å². The Morgan fingerprint density at radius 2 is 2.00 bits per heavy atom. The van der Waals surface area contributed by atoms with Crippen molar-refractivity contribution in [3.05, 3.63) is 29.3 Å². The third-order valence-corrected chi connectivity index (χ3v) is 7.40. The first-order chi connectivity index (χ1) is 12.8. The summed E-state index contributed by atoms with van der Waals surface area (Å²) in [6.45, 7) is 4.29. The molecular weight excluding hydrogens is 388 g/mol. The van der Waals surface area contributed by atoms with E-state index < -0.39 is 16.1 Å². The zero-order valence-electron chi connectivity index (χ0n) is 15.4. The van der Waals surface area contributed by atoms with Gasteiger partial charge in [-0.1, -0.05) is 25.2 Å². The first-order valence-electron chi connectivity index (χ1n) is 8.63. The van der Waals surface area contributed by atoms with E-state index in [1.54, 1.807) is 12.1 Å². The molecule has 1 fully saturated rings. The third-order valence-electron chi connectivity index (χ3n) is 4.34. The molecule has 0 saturated carbocycles. The average molecular weight is 411 g/mol. The number of hydrogen-bond donors (Lipinski definition) is 1. The number of sulfonamides is 1. The Bertz CT molecular complexity index is 909. The van der Waals surface area contributed by atoms with Gasteiger partial charge in [0.15, 0.2) is 0 Å². The van der Waals surface area contributed by atoms with Crippen LogP contribution >= 0.6 is 11.3 Å². The fraction of sp³-hybridized carbons (Fsp3) is 0.471. The van der Waals surface area contributed by atoms with Gasteiger partial charge in [0.1, 0.15) is 16.8 Å². The Labute approximate surface area is 162 Å². The van der Waals surface area contributed by atoms with Crippen molar-refractivity contribution in [3.8, 4) is 5.75 Å². The number of ether oxygens (including phenoxy) is 1. The van der Waals surface area contributed by atoms with E-state index in [4.69, 9.17) is 4.74 Å². The lowest BCUT2D eigenvalue weighted by molar-refractivity contribution is -0.119. The largest absolute Gasteiger partial charge is 0.497 e. The van der Waals surface area contributed by atoms with Crippen LogP contribution in [0.2, 0.25) is 0 Å². The number of rotatable bonds is 6. The van der Waals surface area contributed by atoms with Gasteiger partial charge in [-0.15, -0.1) is 10.2 Å². The van der Waals surface area contributed by atoms with Crippen molar-refractivity contribution in [1.29, 1.82) is 0 Å². The summed E-state index contributed by atoms with van der Waals surface area (Å²) in [6, 6.07) is 5.39. The SMILES string of the molecule is COc1ccc(S(=O)(=O)N2CCCC2C(=O)Nc2nnc(C(C)C)s2)cc1. The number of hydrogen-bond acceptors (Lipinski definition) is 7. The van der Waals surface area contributed by atoms with Crippen molar-refractivity contribution < 1.29 is 17.9 Å². The van der Waals surface area contributed by atoms with E-state index in [1.807, 2.05) is 13.8 Å². The van der Waals surface area contributed by atoms with E-state index in [2.05, 4.69) is 15.5 Å². The second kappa shape index (κ2) is 7.91. The van der Waals surface area contributed by atoms with Crippen molar-refractivity contribution in [2.75, 3.05) is 19.0 Å². The zero-order valence-corrected chi connectivity index (χ0v) is 17.0. The molecule has 1 aliphatic rings. The lowest BCUT2D eigenvalue weighted by Gasteiger charge is -2.23. The molecule has 1 amide bonds. The highest BCUT2D eigenvalue weighted by Crippen LogP contribution is 2.29. The Balaban J connectivity index is 1.77. The average Bonchev–Trinajstić information content (AvgIpc) is 3.31. The van der Waals surface area contributed by atoms with Gasteiger partial charge in [-0.3, -0.25) is 10.1 Å². The minimum atomic E-state index is -3.77. The van der Waals surface area contributed by atoms with Gasteiger partial charge in [0.25, 0.3) is 0 Å². The van der Waals surface area contributed by atoms with E-state index in [1.165, 1.54) is 34.9 Å². The highest BCUT2D eigenvalue weighted by Gasteiger charge is 2.39. The molecular formula is C17H22N4O4S2. The summed E-state index contributed by atoms with van der Waals surface area (Å²) in [6.07, 6.45) is 1.10. The zero-order chi connectivity index (χ0) is 19.6. The molecule has 0 spiro atoms. The summed E-state index contributed by atoms with van der Waals surface area (Å²) in [5, 5.41) is 11.9. The number of amides is 1. The van der Waals surface area contributed by atoms with Gasteiger partial charge in [-0.25, -0.2) is 8.42 Å². The smallest absolute Gasteiger partial charge is 0.244 e. The van der Waals surface area contributed by atoms with Crippen molar-refractivity contribution in [2.45, 2.75) is 43.5 Å². The molecule has 8 nitrogen and oxygen atoms in total. The highest BCUT2D eigenvalue weighted by molar-refractivity contribution is 7.89. The fourth-order valence-corrected chi connectivity index (χ4v) is 5.29. The Morgan fingerprint density at radius 1 is 1.30 bits per heavy atom. The lowest BCUT2D eigenvalue weighted by atomic mass is 10.2. The predicted octanol–water partition coefficient (Wildman–Crippen LogP) is 2.46. The van der Waals surface area contributed by atoms with Crippen LogP contribution in [-0.2, 0) is 14.8 Å². The fourth-order valence-electron chi connectivity index (χ4n) is 2.88. The molecule has 0 radical (unpaired) electrons. The molecule has 146 valence electrons. The van der Waals surface area contributed by atoms with E-state index in [9.17, 15) is 13.2 Å². The number of anilines is 1. The first-order valence-corrected chi connectivity index (χ1v) is 10.9. The van der Waals surface area contributed by atoms with Gasteiger partial charge in [-0.2, -0.15) is 4.31 Å². The molecule has 27 heavy (non-hydrogen) atoms. The quantitative estimate of drug-likeness (QED) is 0.785. The normalized spacial score (nSPS) is 18.0. The van der Waals surface area contributed by atoms with Crippen LogP contribution in [0.5, 0.6) is 5.75 Å². The van der Waals surface area contributed by atoms with E-state index in [-0.39, 0.29) is 16.7 Å². The molecule has 0 bridgehead atoms. The molecule has 1 atom stereocenters. The second-order valence-corrected chi connectivity index (χ2v) is 9.44. The maximum absolute atomic E-state index is 13.0. The molecule has 0 aliphatic carbocycles. The van der Waals surface area contributed by atoms with Crippen LogP contribution in [-0.4, -0.2) is 48.5 Å². The molecule has 1 aromatic heterocycles.